The van der Waals surface area contributed by atoms with Crippen LogP contribution in [0.15, 0.2) is 42.5 Å². The van der Waals surface area contributed by atoms with E-state index in [9.17, 15) is 4.79 Å². The Bertz CT molecular complexity index is 735. The van der Waals surface area contributed by atoms with Gasteiger partial charge in [-0.25, -0.2) is 9.78 Å². The van der Waals surface area contributed by atoms with Gasteiger partial charge >= 0.3 is 5.97 Å². The predicted molar refractivity (Wildman–Crippen MR) is 95.7 cm³/mol. The van der Waals surface area contributed by atoms with Gasteiger partial charge in [-0.3, -0.25) is 4.90 Å². The van der Waals surface area contributed by atoms with Gasteiger partial charge < -0.3 is 15.2 Å². The van der Waals surface area contributed by atoms with Gasteiger partial charge in [0.2, 0.25) is 0 Å². The molecule has 1 aromatic heterocycles. The lowest BCUT2D eigenvalue weighted by Crippen LogP contribution is -2.40. The van der Waals surface area contributed by atoms with Crippen molar-refractivity contribution in [3.05, 3.63) is 59.3 Å². The first-order chi connectivity index (χ1) is 12.1. The number of hydrogen-bond acceptors (Lipinski definition) is 5. The van der Waals surface area contributed by atoms with Crippen LogP contribution in [-0.2, 0) is 17.8 Å². The third-order valence-electron chi connectivity index (χ3n) is 4.16. The molecule has 1 unspecified atom stereocenters. The van der Waals surface area contributed by atoms with Gasteiger partial charge in [-0.05, 0) is 30.2 Å². The topological polar surface area (TPSA) is 74.7 Å². The molecule has 25 heavy (non-hydrogen) atoms. The van der Waals surface area contributed by atoms with Gasteiger partial charge in [-0.15, -0.1) is 0 Å². The number of morpholine rings is 1. The zero-order valence-corrected chi connectivity index (χ0v) is 14.3. The van der Waals surface area contributed by atoms with E-state index >= 15 is 0 Å². The fraction of sp³-hybridized carbons (Fsp3) is 0.368. The highest BCUT2D eigenvalue weighted by atomic mass is 16.5. The number of carboxylic acids is 1. The normalized spacial score (nSPS) is 18.0. The predicted octanol–water partition coefficient (Wildman–Crippen LogP) is 2.61. The van der Waals surface area contributed by atoms with Crippen molar-refractivity contribution in [2.45, 2.75) is 26.1 Å². The molecule has 1 aromatic carbocycles. The average molecular weight is 341 g/mol. The highest BCUT2D eigenvalue weighted by Gasteiger charge is 2.16. The van der Waals surface area contributed by atoms with Crippen molar-refractivity contribution < 1.29 is 14.6 Å². The summed E-state index contributed by atoms with van der Waals surface area (Å²) in [5.74, 6) is -0.460. The lowest BCUT2D eigenvalue weighted by molar-refractivity contribution is -0.0212. The molecule has 0 spiro atoms. The number of carboxylic acid groups (broad SMARTS) is 1. The van der Waals surface area contributed by atoms with Gasteiger partial charge in [0.25, 0.3) is 0 Å². The van der Waals surface area contributed by atoms with E-state index in [4.69, 9.17) is 9.84 Å². The van der Waals surface area contributed by atoms with Crippen LogP contribution in [0.25, 0.3) is 0 Å². The van der Waals surface area contributed by atoms with Crippen molar-refractivity contribution in [1.29, 1.82) is 0 Å². The second-order valence-corrected chi connectivity index (χ2v) is 6.30. The van der Waals surface area contributed by atoms with Crippen LogP contribution in [0.3, 0.4) is 0 Å². The van der Waals surface area contributed by atoms with Gasteiger partial charge in [-0.1, -0.05) is 30.3 Å². The molecule has 2 heterocycles. The molecule has 0 bridgehead atoms. The lowest BCUT2D eigenvalue weighted by atomic mass is 10.1. The van der Waals surface area contributed by atoms with Crippen LogP contribution in [0.5, 0.6) is 0 Å². The summed E-state index contributed by atoms with van der Waals surface area (Å²) in [6, 6.07) is 13.4. The maximum absolute atomic E-state index is 11.0. The minimum absolute atomic E-state index is 0.0418. The molecule has 1 saturated heterocycles. The molecule has 0 amide bonds. The summed E-state index contributed by atoms with van der Waals surface area (Å²) in [6.07, 6.45) is 0.284. The first-order valence-electron chi connectivity index (χ1n) is 8.46. The SMILES string of the molecule is CC1CN(Cc2cccc(CNc3cccc(C(=O)O)n3)c2)CCO1. The third kappa shape index (κ3) is 5.01. The van der Waals surface area contributed by atoms with Crippen molar-refractivity contribution in [1.82, 2.24) is 9.88 Å². The van der Waals surface area contributed by atoms with Gasteiger partial charge in [0.05, 0.1) is 12.7 Å². The molecule has 0 radical (unpaired) electrons. The van der Waals surface area contributed by atoms with Gasteiger partial charge in [0, 0.05) is 26.2 Å². The second kappa shape index (κ2) is 8.09. The fourth-order valence-electron chi connectivity index (χ4n) is 2.98. The monoisotopic (exact) mass is 341 g/mol. The van der Waals surface area contributed by atoms with E-state index in [2.05, 4.69) is 46.4 Å². The Labute approximate surface area is 147 Å². The number of anilines is 1. The molecular weight excluding hydrogens is 318 g/mol. The standard InChI is InChI=1S/C19H23N3O3/c1-14-12-22(8-9-25-14)13-16-5-2-4-15(10-16)11-20-18-7-3-6-17(21-18)19(23)24/h2-7,10,14H,8-9,11-13H2,1H3,(H,20,21)(H,23,24). The Kier molecular flexibility index (Phi) is 5.63. The van der Waals surface area contributed by atoms with Crippen LogP contribution in [0, 0.1) is 0 Å². The Morgan fingerprint density at radius 2 is 2.12 bits per heavy atom. The summed E-state index contributed by atoms with van der Waals surface area (Å²) >= 11 is 0. The van der Waals surface area contributed by atoms with Crippen LogP contribution < -0.4 is 5.32 Å². The number of ether oxygens (including phenoxy) is 1. The summed E-state index contributed by atoms with van der Waals surface area (Å²) in [6.45, 7) is 6.31. The molecule has 1 fully saturated rings. The quantitative estimate of drug-likeness (QED) is 0.841. The molecular formula is C19H23N3O3. The molecule has 1 atom stereocenters. The first-order valence-corrected chi connectivity index (χ1v) is 8.46. The third-order valence-corrected chi connectivity index (χ3v) is 4.16. The van der Waals surface area contributed by atoms with E-state index in [1.165, 1.54) is 11.6 Å². The van der Waals surface area contributed by atoms with Gasteiger partial charge in [0.15, 0.2) is 5.69 Å². The van der Waals surface area contributed by atoms with Crippen LogP contribution in [0.1, 0.15) is 28.5 Å². The molecule has 6 heteroatoms. The lowest BCUT2D eigenvalue weighted by Gasteiger charge is -2.31. The molecule has 0 saturated carbocycles. The molecule has 132 valence electrons. The Morgan fingerprint density at radius 3 is 2.92 bits per heavy atom. The van der Waals surface area contributed by atoms with Crippen molar-refractivity contribution in [3.8, 4) is 0 Å². The summed E-state index contributed by atoms with van der Waals surface area (Å²) in [5.41, 5.74) is 2.45. The Morgan fingerprint density at radius 1 is 1.32 bits per heavy atom. The molecule has 3 rings (SSSR count). The summed E-state index contributed by atoms with van der Waals surface area (Å²) in [4.78, 5) is 17.5. The minimum atomic E-state index is -1.02. The van der Waals surface area contributed by atoms with Crippen LogP contribution in [0.4, 0.5) is 5.82 Å². The van der Waals surface area contributed by atoms with Crippen molar-refractivity contribution >= 4 is 11.8 Å². The first kappa shape index (κ1) is 17.4. The maximum Gasteiger partial charge on any atom is 0.354 e. The Hall–Kier alpha value is -2.44. The maximum atomic E-state index is 11.0. The van der Waals surface area contributed by atoms with E-state index in [0.717, 1.165) is 31.8 Å². The Balaban J connectivity index is 1.60. The molecule has 1 aliphatic heterocycles. The van der Waals surface area contributed by atoms with E-state index < -0.39 is 5.97 Å². The largest absolute Gasteiger partial charge is 0.477 e. The number of aromatic carboxylic acids is 1. The number of nitrogens with one attached hydrogen (secondary N) is 1. The number of hydrogen-bond donors (Lipinski definition) is 2. The molecule has 2 aromatic rings. The van der Waals surface area contributed by atoms with Crippen LogP contribution in [-0.4, -0.2) is 46.8 Å². The van der Waals surface area contributed by atoms with Crippen molar-refractivity contribution in [2.75, 3.05) is 25.0 Å². The summed E-state index contributed by atoms with van der Waals surface area (Å²) < 4.78 is 5.58. The highest BCUT2D eigenvalue weighted by Crippen LogP contribution is 2.13. The zero-order chi connectivity index (χ0) is 17.6. The number of nitrogens with zero attached hydrogens (tertiary/aromatic N) is 2. The molecule has 1 aliphatic rings. The molecule has 0 aliphatic carbocycles. The molecule has 6 nitrogen and oxygen atoms in total. The van der Waals surface area contributed by atoms with Crippen molar-refractivity contribution in [3.63, 3.8) is 0 Å². The van der Waals surface area contributed by atoms with E-state index in [-0.39, 0.29) is 11.8 Å². The molecule has 2 N–H and O–H groups in total. The van der Waals surface area contributed by atoms with Gasteiger partial charge in [-0.2, -0.15) is 0 Å². The number of aromatic nitrogens is 1. The van der Waals surface area contributed by atoms with E-state index in [0.29, 0.717) is 12.4 Å². The van der Waals surface area contributed by atoms with Gasteiger partial charge in [0.1, 0.15) is 5.82 Å². The smallest absolute Gasteiger partial charge is 0.354 e. The highest BCUT2D eigenvalue weighted by molar-refractivity contribution is 5.85. The van der Waals surface area contributed by atoms with E-state index in [1.54, 1.807) is 12.1 Å². The minimum Gasteiger partial charge on any atom is -0.477 e. The summed E-state index contributed by atoms with van der Waals surface area (Å²) in [7, 11) is 0. The zero-order valence-electron chi connectivity index (χ0n) is 14.3. The number of carbonyl (C=O) groups is 1. The van der Waals surface area contributed by atoms with Crippen LogP contribution in [0.2, 0.25) is 0 Å². The van der Waals surface area contributed by atoms with Crippen molar-refractivity contribution in [2.24, 2.45) is 0 Å². The fourth-order valence-corrected chi connectivity index (χ4v) is 2.98. The second-order valence-electron chi connectivity index (χ2n) is 6.30. The number of pyridine rings is 1. The summed E-state index contributed by atoms with van der Waals surface area (Å²) in [5, 5.41) is 12.2. The van der Waals surface area contributed by atoms with E-state index in [1.807, 2.05) is 0 Å². The van der Waals surface area contributed by atoms with Crippen LogP contribution >= 0.6 is 0 Å². The number of benzene rings is 1. The number of rotatable bonds is 6. The average Bonchev–Trinajstić information content (AvgIpc) is 2.60.